The topological polar surface area (TPSA) is 79.6 Å². The summed E-state index contributed by atoms with van der Waals surface area (Å²) in [6, 6.07) is 36.6. The third-order valence-electron chi connectivity index (χ3n) is 7.00. The number of rotatable bonds is 5. The highest BCUT2D eigenvalue weighted by Gasteiger charge is 2.33. The summed E-state index contributed by atoms with van der Waals surface area (Å²) in [4.78, 5) is 26.8. The van der Waals surface area contributed by atoms with Crippen molar-refractivity contribution in [3.8, 4) is 16.9 Å². The number of nitrogens with one attached hydrogen (secondary N) is 1. The van der Waals surface area contributed by atoms with E-state index < -0.39 is 0 Å². The zero-order valence-corrected chi connectivity index (χ0v) is 21.8. The van der Waals surface area contributed by atoms with Crippen molar-refractivity contribution in [1.82, 2.24) is 14.8 Å². The van der Waals surface area contributed by atoms with Crippen LogP contribution in [-0.2, 0) is 9.59 Å². The summed E-state index contributed by atoms with van der Waals surface area (Å²) in [7, 11) is 0. The van der Waals surface area contributed by atoms with Crippen molar-refractivity contribution < 1.29 is 9.59 Å². The quantitative estimate of drug-likeness (QED) is 0.275. The van der Waals surface area contributed by atoms with E-state index in [1.165, 1.54) is 5.01 Å². The van der Waals surface area contributed by atoms with E-state index in [9.17, 15) is 9.59 Å². The van der Waals surface area contributed by atoms with E-state index in [0.717, 1.165) is 28.1 Å². The zero-order valence-electron chi connectivity index (χ0n) is 21.8. The molecule has 4 aromatic carbocycles. The molecule has 7 rings (SSSR count). The Morgan fingerprint density at radius 1 is 0.732 bits per heavy atom. The summed E-state index contributed by atoms with van der Waals surface area (Å²) >= 11 is 0. The van der Waals surface area contributed by atoms with Crippen LogP contribution in [0.4, 0.5) is 5.69 Å². The predicted octanol–water partition coefficient (Wildman–Crippen LogP) is 6.16. The Hall–Kier alpha value is -5.82. The van der Waals surface area contributed by atoms with Gasteiger partial charge in [-0.05, 0) is 30.4 Å². The molecule has 3 heterocycles. The van der Waals surface area contributed by atoms with Crippen LogP contribution in [0.1, 0.15) is 16.7 Å². The number of hydrogen-bond acceptors (Lipinski definition) is 4. The monoisotopic (exact) mass is 533 g/mol. The average Bonchev–Trinajstić information content (AvgIpc) is 3.68. The molecular formula is C34H23N5O2. The molecule has 7 nitrogen and oxygen atoms in total. The number of fused-ring (bicyclic) bond motifs is 1. The second-order valence-electron chi connectivity index (χ2n) is 9.64. The van der Waals surface area contributed by atoms with Gasteiger partial charge in [0.25, 0.3) is 11.8 Å². The Labute approximate surface area is 236 Å². The molecule has 5 aromatic rings. The Morgan fingerprint density at radius 3 is 2.10 bits per heavy atom. The average molecular weight is 534 g/mol. The molecule has 1 N–H and O–H groups in total. The zero-order chi connectivity index (χ0) is 27.8. The lowest BCUT2D eigenvalue weighted by atomic mass is 10.1. The molecule has 0 atom stereocenters. The molecule has 1 aromatic heterocycles. The van der Waals surface area contributed by atoms with Crippen LogP contribution < -0.4 is 5.32 Å². The number of hydrogen-bond donors (Lipinski definition) is 1. The number of hydrazone groups is 1. The van der Waals surface area contributed by atoms with Crippen molar-refractivity contribution in [2.75, 3.05) is 5.32 Å². The third-order valence-corrected chi connectivity index (χ3v) is 7.00. The van der Waals surface area contributed by atoms with Crippen molar-refractivity contribution in [2.45, 2.75) is 0 Å². The highest BCUT2D eigenvalue weighted by Crippen LogP contribution is 2.34. The molecule has 0 saturated carbocycles. The van der Waals surface area contributed by atoms with Gasteiger partial charge in [0.2, 0.25) is 0 Å². The molecule has 2 amide bonds. The molecule has 0 bridgehead atoms. The van der Waals surface area contributed by atoms with Crippen molar-refractivity contribution in [3.63, 3.8) is 0 Å². The molecule has 0 saturated heterocycles. The molecular weight excluding hydrogens is 510 g/mol. The number of anilines is 1. The second-order valence-corrected chi connectivity index (χ2v) is 9.64. The summed E-state index contributed by atoms with van der Waals surface area (Å²) in [5, 5.41) is 13.7. The Balaban J connectivity index is 1.36. The summed E-state index contributed by atoms with van der Waals surface area (Å²) in [5.41, 5.74) is 6.73. The van der Waals surface area contributed by atoms with E-state index in [4.69, 9.17) is 5.10 Å². The summed E-state index contributed by atoms with van der Waals surface area (Å²) in [6.45, 7) is 0. The summed E-state index contributed by atoms with van der Waals surface area (Å²) < 4.78 is 1.81. The van der Waals surface area contributed by atoms with Gasteiger partial charge in [-0.2, -0.15) is 15.2 Å². The van der Waals surface area contributed by atoms with Crippen molar-refractivity contribution in [3.05, 3.63) is 150 Å². The fraction of sp³-hybridized carbons (Fsp3) is 0. The minimum atomic E-state index is -0.348. The lowest BCUT2D eigenvalue weighted by Gasteiger charge is -2.15. The standard InChI is InChI=1S/C34H23N5O2/c40-33-32(28-18-10-11-19-29(28)35-33)37-39-30(23-12-4-1-5-13-23)21-25(34(39)41)20-26-22-38(27-16-8-3-9-17-27)36-31(26)24-14-6-2-7-15-24/h1-22H,(H,35,37,40)/b25-20+. The SMILES string of the molecule is O=C1Nc2ccccc2/C1=N\N1C(=O)/C(=C/c2cn(-c3ccccc3)nc2-c2ccccc2)C=C1c1ccccc1. The molecule has 41 heavy (non-hydrogen) atoms. The lowest BCUT2D eigenvalue weighted by Crippen LogP contribution is -2.25. The molecule has 0 spiro atoms. The van der Waals surface area contributed by atoms with Crippen molar-refractivity contribution in [1.29, 1.82) is 0 Å². The summed E-state index contributed by atoms with van der Waals surface area (Å²) in [5.74, 6) is -0.681. The minimum Gasteiger partial charge on any atom is -0.320 e. The van der Waals surface area contributed by atoms with Crippen LogP contribution in [0.15, 0.2) is 138 Å². The number of amides is 2. The molecule has 2 aliphatic rings. The normalized spacial score (nSPS) is 16.3. The van der Waals surface area contributed by atoms with Gasteiger partial charge in [-0.25, -0.2) is 4.68 Å². The van der Waals surface area contributed by atoms with Crippen LogP contribution in [-0.4, -0.2) is 32.3 Å². The first-order valence-corrected chi connectivity index (χ1v) is 13.2. The van der Waals surface area contributed by atoms with E-state index in [0.29, 0.717) is 22.5 Å². The number of carbonyl (C=O) groups excluding carboxylic acids is 2. The number of carbonyl (C=O) groups is 2. The number of para-hydroxylation sites is 2. The van der Waals surface area contributed by atoms with E-state index in [1.54, 1.807) is 0 Å². The van der Waals surface area contributed by atoms with Crippen LogP contribution in [0.5, 0.6) is 0 Å². The van der Waals surface area contributed by atoms with Crippen LogP contribution in [0, 0.1) is 0 Å². The molecule has 0 unspecified atom stereocenters. The third kappa shape index (κ3) is 4.45. The minimum absolute atomic E-state index is 0.193. The maximum absolute atomic E-state index is 14.0. The first-order valence-electron chi connectivity index (χ1n) is 13.2. The predicted molar refractivity (Wildman–Crippen MR) is 160 cm³/mol. The number of nitrogens with zero attached hydrogens (tertiary/aromatic N) is 4. The van der Waals surface area contributed by atoms with E-state index >= 15 is 0 Å². The highest BCUT2D eigenvalue weighted by atomic mass is 16.2. The van der Waals surface area contributed by atoms with E-state index in [1.807, 2.05) is 138 Å². The first-order chi connectivity index (χ1) is 20.2. The molecule has 0 fully saturated rings. The van der Waals surface area contributed by atoms with Crippen molar-refractivity contribution in [2.24, 2.45) is 5.10 Å². The molecule has 2 aliphatic heterocycles. The summed E-state index contributed by atoms with van der Waals surface area (Å²) in [6.07, 6.45) is 5.57. The molecule has 7 heteroatoms. The molecule has 196 valence electrons. The van der Waals surface area contributed by atoms with Gasteiger partial charge in [0.1, 0.15) is 0 Å². The largest absolute Gasteiger partial charge is 0.320 e. The maximum Gasteiger partial charge on any atom is 0.278 e. The van der Waals surface area contributed by atoms with Crippen LogP contribution in [0.2, 0.25) is 0 Å². The smallest absolute Gasteiger partial charge is 0.278 e. The Bertz CT molecular complexity index is 1890. The molecule has 0 aliphatic carbocycles. The fourth-order valence-corrected chi connectivity index (χ4v) is 5.01. The Kier molecular flexibility index (Phi) is 5.94. The maximum atomic E-state index is 14.0. The van der Waals surface area contributed by atoms with Crippen LogP contribution in [0.3, 0.4) is 0 Å². The Morgan fingerprint density at radius 2 is 1.37 bits per heavy atom. The van der Waals surface area contributed by atoms with Gasteiger partial charge in [-0.3, -0.25) is 9.59 Å². The van der Waals surface area contributed by atoms with Gasteiger partial charge >= 0.3 is 0 Å². The molecule has 0 radical (unpaired) electrons. The van der Waals surface area contributed by atoms with Crippen LogP contribution >= 0.6 is 0 Å². The van der Waals surface area contributed by atoms with Crippen LogP contribution in [0.25, 0.3) is 28.7 Å². The van der Waals surface area contributed by atoms with Gasteiger partial charge < -0.3 is 5.32 Å². The van der Waals surface area contributed by atoms with Gasteiger partial charge in [0.05, 0.1) is 22.8 Å². The highest BCUT2D eigenvalue weighted by molar-refractivity contribution is 6.53. The second kappa shape index (κ2) is 10.1. The van der Waals surface area contributed by atoms with E-state index in [-0.39, 0.29) is 17.5 Å². The van der Waals surface area contributed by atoms with Crippen molar-refractivity contribution >= 4 is 35.0 Å². The fourth-order valence-electron chi connectivity index (χ4n) is 5.01. The van der Waals surface area contributed by atoms with Gasteiger partial charge in [-0.1, -0.05) is 97.1 Å². The van der Waals surface area contributed by atoms with Gasteiger partial charge in [-0.15, -0.1) is 0 Å². The van der Waals surface area contributed by atoms with Gasteiger partial charge in [0, 0.05) is 34.0 Å². The lowest BCUT2D eigenvalue weighted by molar-refractivity contribution is -0.123. The van der Waals surface area contributed by atoms with E-state index in [2.05, 4.69) is 10.4 Å². The number of benzene rings is 4. The van der Waals surface area contributed by atoms with Gasteiger partial charge in [0.15, 0.2) is 5.71 Å². The first kappa shape index (κ1) is 24.2. The number of aromatic nitrogens is 2.